The third kappa shape index (κ3) is 3.49. The summed E-state index contributed by atoms with van der Waals surface area (Å²) in [6.07, 6.45) is 4.28. The molecule has 2 fully saturated rings. The van der Waals surface area contributed by atoms with E-state index in [0.29, 0.717) is 11.8 Å². The minimum absolute atomic E-state index is 0.147. The van der Waals surface area contributed by atoms with Gasteiger partial charge in [-0.15, -0.1) is 5.10 Å². The van der Waals surface area contributed by atoms with Crippen LogP contribution in [0.2, 0.25) is 0 Å². The second kappa shape index (κ2) is 7.03. The lowest BCUT2D eigenvalue weighted by molar-refractivity contribution is -0.129. The Kier molecular flexibility index (Phi) is 4.61. The Bertz CT molecular complexity index is 744. The fraction of sp³-hybridized carbons (Fsp3) is 0.529. The minimum atomic E-state index is 0.147. The van der Waals surface area contributed by atoms with Gasteiger partial charge in [0.2, 0.25) is 11.1 Å². The van der Waals surface area contributed by atoms with Crippen molar-refractivity contribution >= 4 is 17.7 Å². The van der Waals surface area contributed by atoms with Crippen molar-refractivity contribution < 1.29 is 9.53 Å². The van der Waals surface area contributed by atoms with Crippen LogP contribution in [0.15, 0.2) is 29.4 Å². The van der Waals surface area contributed by atoms with E-state index in [4.69, 9.17) is 4.74 Å². The predicted octanol–water partition coefficient (Wildman–Crippen LogP) is 2.47. The molecular weight excluding hydrogens is 338 g/mol. The number of amides is 1. The highest BCUT2D eigenvalue weighted by Gasteiger charge is 2.31. The SMILES string of the molecule is COc1ccc([C@@H]2CCCN2C(=O)CSc2nnnn2C2CC2)cc1. The molecule has 1 aromatic heterocycles. The molecule has 0 spiro atoms. The van der Waals surface area contributed by atoms with Crippen molar-refractivity contribution in [1.29, 1.82) is 0 Å². The molecule has 1 aromatic carbocycles. The summed E-state index contributed by atoms with van der Waals surface area (Å²) in [6, 6.07) is 8.58. The predicted molar refractivity (Wildman–Crippen MR) is 93.5 cm³/mol. The maximum absolute atomic E-state index is 12.7. The molecule has 1 aliphatic heterocycles. The Hall–Kier alpha value is -2.09. The zero-order chi connectivity index (χ0) is 17.2. The van der Waals surface area contributed by atoms with Crippen LogP contribution in [0, 0.1) is 0 Å². The standard InChI is InChI=1S/C17H21N5O2S/c1-24-14-8-4-12(5-9-14)15-3-2-10-21(15)16(23)11-25-17-18-19-20-22(17)13-6-7-13/h4-5,8-9,13,15H,2-3,6-7,10-11H2,1H3/t15-/m0/s1. The number of benzene rings is 1. The van der Waals surface area contributed by atoms with Gasteiger partial charge in [0.25, 0.3) is 0 Å². The summed E-state index contributed by atoms with van der Waals surface area (Å²) in [5.41, 5.74) is 1.17. The third-order valence-corrected chi connectivity index (χ3v) is 5.67. The topological polar surface area (TPSA) is 73.1 Å². The molecule has 0 N–H and O–H groups in total. The lowest BCUT2D eigenvalue weighted by atomic mass is 10.0. The van der Waals surface area contributed by atoms with Gasteiger partial charge in [-0.3, -0.25) is 4.79 Å². The molecule has 2 aliphatic rings. The highest BCUT2D eigenvalue weighted by molar-refractivity contribution is 7.99. The highest BCUT2D eigenvalue weighted by Crippen LogP contribution is 2.37. The Morgan fingerprint density at radius 3 is 2.80 bits per heavy atom. The average Bonchev–Trinajstić information content (AvgIpc) is 3.19. The molecule has 2 heterocycles. The maximum atomic E-state index is 12.7. The van der Waals surface area contributed by atoms with E-state index in [1.54, 1.807) is 7.11 Å². The number of tetrazole rings is 1. The summed E-state index contributed by atoms with van der Waals surface area (Å²) in [4.78, 5) is 14.7. The monoisotopic (exact) mass is 359 g/mol. The molecule has 7 nitrogen and oxygen atoms in total. The summed E-state index contributed by atoms with van der Waals surface area (Å²) in [6.45, 7) is 0.809. The van der Waals surface area contributed by atoms with E-state index in [2.05, 4.69) is 27.7 Å². The zero-order valence-electron chi connectivity index (χ0n) is 14.2. The normalized spacial score (nSPS) is 20.0. The number of nitrogens with zero attached hydrogens (tertiary/aromatic N) is 5. The van der Waals surface area contributed by atoms with Gasteiger partial charge in [0.1, 0.15) is 5.75 Å². The lowest BCUT2D eigenvalue weighted by Crippen LogP contribution is -2.32. The first-order valence-corrected chi connectivity index (χ1v) is 9.59. The van der Waals surface area contributed by atoms with Crippen LogP contribution >= 0.6 is 11.8 Å². The quantitative estimate of drug-likeness (QED) is 0.738. The maximum Gasteiger partial charge on any atom is 0.233 e. The van der Waals surface area contributed by atoms with Gasteiger partial charge in [-0.05, 0) is 53.8 Å². The molecule has 0 radical (unpaired) electrons. The number of rotatable bonds is 6. The summed E-state index contributed by atoms with van der Waals surface area (Å²) in [5, 5.41) is 12.6. The number of carbonyl (C=O) groups is 1. The first-order valence-electron chi connectivity index (χ1n) is 8.60. The minimum Gasteiger partial charge on any atom is -0.497 e. The summed E-state index contributed by atoms with van der Waals surface area (Å²) in [5.74, 6) is 1.36. The molecular formula is C17H21N5O2S. The Morgan fingerprint density at radius 2 is 2.08 bits per heavy atom. The first-order chi connectivity index (χ1) is 12.3. The first kappa shape index (κ1) is 16.4. The van der Waals surface area contributed by atoms with Gasteiger partial charge in [-0.1, -0.05) is 23.9 Å². The van der Waals surface area contributed by atoms with E-state index in [9.17, 15) is 4.79 Å². The van der Waals surface area contributed by atoms with Gasteiger partial charge in [-0.2, -0.15) is 0 Å². The molecule has 1 amide bonds. The van der Waals surface area contributed by atoms with Crippen molar-refractivity contribution in [2.45, 2.75) is 42.9 Å². The van der Waals surface area contributed by atoms with Crippen LogP contribution in [0.5, 0.6) is 5.75 Å². The fourth-order valence-corrected chi connectivity index (χ4v) is 4.11. The van der Waals surface area contributed by atoms with Crippen molar-refractivity contribution in [3.8, 4) is 5.75 Å². The number of aromatic nitrogens is 4. The van der Waals surface area contributed by atoms with Crippen LogP contribution in [0.1, 0.15) is 43.3 Å². The molecule has 1 saturated heterocycles. The van der Waals surface area contributed by atoms with E-state index in [1.165, 1.54) is 17.3 Å². The smallest absolute Gasteiger partial charge is 0.233 e. The largest absolute Gasteiger partial charge is 0.497 e. The van der Waals surface area contributed by atoms with Crippen molar-refractivity contribution in [2.75, 3.05) is 19.4 Å². The number of hydrogen-bond acceptors (Lipinski definition) is 6. The number of hydrogen-bond donors (Lipinski definition) is 0. The van der Waals surface area contributed by atoms with Crippen molar-refractivity contribution in [3.63, 3.8) is 0 Å². The Balaban J connectivity index is 1.40. The van der Waals surface area contributed by atoms with Gasteiger partial charge in [0.05, 0.1) is 24.9 Å². The number of ether oxygens (including phenoxy) is 1. The Morgan fingerprint density at radius 1 is 1.28 bits per heavy atom. The molecule has 8 heteroatoms. The van der Waals surface area contributed by atoms with E-state index in [0.717, 1.165) is 43.1 Å². The van der Waals surface area contributed by atoms with Crippen LogP contribution in [-0.4, -0.2) is 50.4 Å². The van der Waals surface area contributed by atoms with Crippen LogP contribution in [0.4, 0.5) is 0 Å². The average molecular weight is 359 g/mol. The second-order valence-electron chi connectivity index (χ2n) is 6.44. The van der Waals surface area contributed by atoms with E-state index < -0.39 is 0 Å². The number of methoxy groups -OCH3 is 1. The number of thioether (sulfide) groups is 1. The third-order valence-electron chi connectivity index (χ3n) is 4.75. The molecule has 0 bridgehead atoms. The van der Waals surface area contributed by atoms with Crippen molar-refractivity contribution in [2.24, 2.45) is 0 Å². The van der Waals surface area contributed by atoms with E-state index in [-0.39, 0.29) is 11.9 Å². The summed E-state index contributed by atoms with van der Waals surface area (Å²) in [7, 11) is 1.66. The van der Waals surface area contributed by atoms with Gasteiger partial charge in [-0.25, -0.2) is 4.68 Å². The number of likely N-dealkylation sites (tertiary alicyclic amines) is 1. The van der Waals surface area contributed by atoms with Gasteiger partial charge >= 0.3 is 0 Å². The van der Waals surface area contributed by atoms with Gasteiger partial charge in [0.15, 0.2) is 0 Å². The molecule has 132 valence electrons. The van der Waals surface area contributed by atoms with Crippen molar-refractivity contribution in [1.82, 2.24) is 25.1 Å². The zero-order valence-corrected chi connectivity index (χ0v) is 15.0. The Labute approximate surface area is 150 Å². The van der Waals surface area contributed by atoms with Crippen LogP contribution in [-0.2, 0) is 4.79 Å². The molecule has 1 aliphatic carbocycles. The molecule has 4 rings (SSSR count). The molecule has 0 unspecified atom stereocenters. The van der Waals surface area contributed by atoms with Gasteiger partial charge in [0, 0.05) is 6.54 Å². The van der Waals surface area contributed by atoms with Crippen LogP contribution in [0.3, 0.4) is 0 Å². The molecule has 2 aromatic rings. The molecule has 1 saturated carbocycles. The van der Waals surface area contributed by atoms with Crippen LogP contribution in [0.25, 0.3) is 0 Å². The van der Waals surface area contributed by atoms with Crippen molar-refractivity contribution in [3.05, 3.63) is 29.8 Å². The van der Waals surface area contributed by atoms with E-state index >= 15 is 0 Å². The molecule has 1 atom stereocenters. The lowest BCUT2D eigenvalue weighted by Gasteiger charge is -2.25. The summed E-state index contributed by atoms with van der Waals surface area (Å²) >= 11 is 1.44. The second-order valence-corrected chi connectivity index (χ2v) is 7.39. The number of carbonyl (C=O) groups excluding carboxylic acids is 1. The molecule has 25 heavy (non-hydrogen) atoms. The summed E-state index contributed by atoms with van der Waals surface area (Å²) < 4.78 is 7.07. The highest BCUT2D eigenvalue weighted by atomic mass is 32.2. The van der Waals surface area contributed by atoms with Gasteiger partial charge < -0.3 is 9.64 Å². The fourth-order valence-electron chi connectivity index (χ4n) is 3.28. The van der Waals surface area contributed by atoms with E-state index in [1.807, 2.05) is 21.7 Å². The van der Waals surface area contributed by atoms with Crippen LogP contribution < -0.4 is 4.74 Å².